The summed E-state index contributed by atoms with van der Waals surface area (Å²) < 4.78 is 5.07. The highest BCUT2D eigenvalue weighted by Gasteiger charge is 2.20. The molecule has 2 atom stereocenters. The van der Waals surface area contributed by atoms with Crippen LogP contribution in [0.15, 0.2) is 33.8 Å². The standard InChI is InChI=1S/C18H26N8O5.C4H11N/c19-12(8-10-3-5-11(27)6-4-10)15-25-14(31-26-15)9-23-18(30)24-13(16(28)29)2-1-7-22-17(20)21;1-2-3-4-5/h3-6,12-13,27H,1-2,7-9,19H2,(H,28,29)(H4,20,21,22)(H2,23,24,30);2-5H2,1H3/t12-,13-;/m0./s1. The third-order valence-electron chi connectivity index (χ3n) is 4.71. The molecule has 0 fully saturated rings. The van der Waals surface area contributed by atoms with Crippen molar-refractivity contribution in [1.29, 1.82) is 0 Å². The van der Waals surface area contributed by atoms with Gasteiger partial charge in [0.05, 0.1) is 12.6 Å². The second-order valence-corrected chi connectivity index (χ2v) is 7.83. The first kappa shape index (κ1) is 30.1. The average molecular weight is 508 g/mol. The van der Waals surface area contributed by atoms with Crippen LogP contribution in [0.5, 0.6) is 5.75 Å². The Labute approximate surface area is 209 Å². The molecule has 0 aliphatic carbocycles. The first-order valence-corrected chi connectivity index (χ1v) is 11.5. The lowest BCUT2D eigenvalue weighted by Gasteiger charge is -2.14. The number of phenolic OH excluding ortho intramolecular Hbond substituents is 1. The lowest BCUT2D eigenvalue weighted by atomic mass is 10.1. The van der Waals surface area contributed by atoms with Crippen LogP contribution in [0.1, 0.15) is 55.9 Å². The molecule has 0 spiro atoms. The number of aromatic nitrogens is 2. The third-order valence-corrected chi connectivity index (χ3v) is 4.71. The lowest BCUT2D eigenvalue weighted by molar-refractivity contribution is -0.139. The van der Waals surface area contributed by atoms with Crippen LogP contribution >= 0.6 is 0 Å². The van der Waals surface area contributed by atoms with Gasteiger partial charge in [-0.1, -0.05) is 30.6 Å². The van der Waals surface area contributed by atoms with E-state index in [2.05, 4.69) is 32.7 Å². The van der Waals surface area contributed by atoms with Gasteiger partial charge in [-0.2, -0.15) is 4.98 Å². The Morgan fingerprint density at radius 3 is 2.44 bits per heavy atom. The van der Waals surface area contributed by atoms with E-state index in [-0.39, 0.29) is 42.9 Å². The molecule has 0 bridgehead atoms. The SMILES string of the molecule is CCCCN.NC(N)=NCCC[C@H](NC(=O)NCc1nc([C@@H](N)Cc2ccc(O)cc2)no1)C(=O)O. The lowest BCUT2D eigenvalue weighted by Crippen LogP contribution is -2.45. The van der Waals surface area contributed by atoms with Crippen molar-refractivity contribution >= 4 is 18.0 Å². The van der Waals surface area contributed by atoms with Crippen molar-refractivity contribution in [3.63, 3.8) is 0 Å². The summed E-state index contributed by atoms with van der Waals surface area (Å²) in [5.41, 5.74) is 22.5. The van der Waals surface area contributed by atoms with E-state index in [1.807, 2.05) is 0 Å². The molecule has 0 saturated heterocycles. The molecule has 36 heavy (non-hydrogen) atoms. The zero-order valence-electron chi connectivity index (χ0n) is 20.4. The second kappa shape index (κ2) is 16.7. The monoisotopic (exact) mass is 507 g/mol. The smallest absolute Gasteiger partial charge is 0.326 e. The van der Waals surface area contributed by atoms with Gasteiger partial charge in [0.2, 0.25) is 5.89 Å². The summed E-state index contributed by atoms with van der Waals surface area (Å²) in [6.45, 7) is 3.12. The molecule has 0 aliphatic rings. The maximum Gasteiger partial charge on any atom is 0.326 e. The summed E-state index contributed by atoms with van der Waals surface area (Å²) in [5, 5.41) is 27.1. The van der Waals surface area contributed by atoms with E-state index < -0.39 is 24.1 Å². The van der Waals surface area contributed by atoms with Gasteiger partial charge in [0.25, 0.3) is 0 Å². The highest BCUT2D eigenvalue weighted by atomic mass is 16.5. The first-order valence-electron chi connectivity index (χ1n) is 11.5. The molecule has 0 aliphatic heterocycles. The Hall–Kier alpha value is -3.91. The maximum absolute atomic E-state index is 12.0. The number of carboxylic acid groups (broad SMARTS) is 1. The number of nitrogens with two attached hydrogens (primary N) is 4. The van der Waals surface area contributed by atoms with Crippen LogP contribution in [0.4, 0.5) is 4.79 Å². The van der Waals surface area contributed by atoms with Crippen LogP contribution in [-0.2, 0) is 17.8 Å². The zero-order chi connectivity index (χ0) is 26.9. The topological polar surface area (TPSA) is 254 Å². The molecule has 14 nitrogen and oxygen atoms in total. The zero-order valence-corrected chi connectivity index (χ0v) is 20.4. The minimum absolute atomic E-state index is 0.0840. The Morgan fingerprint density at radius 1 is 1.19 bits per heavy atom. The van der Waals surface area contributed by atoms with Crippen molar-refractivity contribution in [3.05, 3.63) is 41.5 Å². The fourth-order valence-electron chi connectivity index (χ4n) is 2.80. The summed E-state index contributed by atoms with van der Waals surface area (Å²) in [7, 11) is 0. The Morgan fingerprint density at radius 2 is 1.89 bits per heavy atom. The summed E-state index contributed by atoms with van der Waals surface area (Å²) in [6.07, 6.45) is 3.33. The van der Waals surface area contributed by atoms with Crippen molar-refractivity contribution in [2.45, 2.75) is 57.7 Å². The molecule has 0 radical (unpaired) electrons. The second-order valence-electron chi connectivity index (χ2n) is 7.83. The van der Waals surface area contributed by atoms with E-state index in [1.165, 1.54) is 12.8 Å². The van der Waals surface area contributed by atoms with Crippen LogP contribution in [0.2, 0.25) is 0 Å². The van der Waals surface area contributed by atoms with Gasteiger partial charge in [0, 0.05) is 6.54 Å². The van der Waals surface area contributed by atoms with Crippen molar-refractivity contribution in [3.8, 4) is 5.75 Å². The maximum atomic E-state index is 12.0. The molecule has 0 unspecified atom stereocenters. The van der Waals surface area contributed by atoms with E-state index in [0.717, 1.165) is 12.1 Å². The number of hydrogen-bond donors (Lipinski definition) is 8. The number of nitrogens with one attached hydrogen (secondary N) is 2. The predicted molar refractivity (Wildman–Crippen MR) is 134 cm³/mol. The number of aliphatic imine (C=N–C) groups is 1. The summed E-state index contributed by atoms with van der Waals surface area (Å²) in [4.78, 5) is 31.2. The number of carboxylic acids is 1. The first-order chi connectivity index (χ1) is 17.2. The number of guanidine groups is 1. The van der Waals surface area contributed by atoms with Crippen molar-refractivity contribution < 1.29 is 24.3 Å². The highest BCUT2D eigenvalue weighted by Crippen LogP contribution is 2.16. The highest BCUT2D eigenvalue weighted by molar-refractivity contribution is 5.82. The largest absolute Gasteiger partial charge is 0.508 e. The number of rotatable bonds is 13. The average Bonchev–Trinajstić information content (AvgIpc) is 3.31. The molecular weight excluding hydrogens is 470 g/mol. The quantitative estimate of drug-likeness (QED) is 0.102. The molecule has 12 N–H and O–H groups in total. The van der Waals surface area contributed by atoms with Crippen LogP contribution in [0, 0.1) is 0 Å². The Bertz CT molecular complexity index is 944. The van der Waals surface area contributed by atoms with Crippen LogP contribution < -0.4 is 33.6 Å². The summed E-state index contributed by atoms with van der Waals surface area (Å²) >= 11 is 0. The predicted octanol–water partition coefficient (Wildman–Crippen LogP) is 0.0689. The molecule has 1 heterocycles. The number of aliphatic carboxylic acids is 1. The van der Waals surface area contributed by atoms with Crippen LogP contribution in [0.3, 0.4) is 0 Å². The van der Waals surface area contributed by atoms with Crippen LogP contribution in [0.25, 0.3) is 0 Å². The van der Waals surface area contributed by atoms with Crippen molar-refractivity contribution in [2.75, 3.05) is 13.1 Å². The number of hydrogen-bond acceptors (Lipinski definition) is 9. The van der Waals surface area contributed by atoms with E-state index in [1.54, 1.807) is 24.3 Å². The number of nitrogens with zero attached hydrogens (tertiary/aromatic N) is 3. The summed E-state index contributed by atoms with van der Waals surface area (Å²) in [6, 6.07) is 4.22. The third kappa shape index (κ3) is 12.5. The van der Waals surface area contributed by atoms with E-state index in [9.17, 15) is 19.8 Å². The number of amides is 2. The molecule has 1 aromatic heterocycles. The number of phenols is 1. The minimum Gasteiger partial charge on any atom is -0.508 e. The molecule has 2 aromatic rings. The molecule has 14 heteroatoms. The van der Waals surface area contributed by atoms with Gasteiger partial charge in [0.15, 0.2) is 11.8 Å². The molecule has 200 valence electrons. The van der Waals surface area contributed by atoms with Gasteiger partial charge < -0.3 is 48.3 Å². The Balaban J connectivity index is 0.00000118. The number of carbonyl (C=O) groups excluding carboxylic acids is 1. The number of carbonyl (C=O) groups is 2. The molecule has 0 saturated carbocycles. The molecule has 2 amide bonds. The van der Waals surface area contributed by atoms with E-state index in [0.29, 0.717) is 12.8 Å². The van der Waals surface area contributed by atoms with E-state index in [4.69, 9.17) is 27.5 Å². The number of unbranched alkanes of at least 4 members (excludes halogenated alkanes) is 1. The van der Waals surface area contributed by atoms with Gasteiger partial charge in [-0.25, -0.2) is 9.59 Å². The number of aromatic hydroxyl groups is 1. The van der Waals surface area contributed by atoms with Gasteiger partial charge >= 0.3 is 12.0 Å². The van der Waals surface area contributed by atoms with Crippen molar-refractivity contribution in [2.24, 2.45) is 27.9 Å². The molecular formula is C22H37N9O5. The Kier molecular flexibility index (Phi) is 13.9. The van der Waals surface area contributed by atoms with Crippen LogP contribution in [-0.4, -0.2) is 57.4 Å². The molecule has 2 rings (SSSR count). The van der Waals surface area contributed by atoms with Gasteiger partial charge in [-0.05, 0) is 49.9 Å². The minimum atomic E-state index is -1.18. The number of urea groups is 1. The number of benzene rings is 1. The van der Waals surface area contributed by atoms with Gasteiger partial charge in [0.1, 0.15) is 11.8 Å². The van der Waals surface area contributed by atoms with Gasteiger partial charge in [-0.3, -0.25) is 4.99 Å². The normalized spacial score (nSPS) is 12.0. The van der Waals surface area contributed by atoms with Crippen molar-refractivity contribution in [1.82, 2.24) is 20.8 Å². The molecule has 1 aromatic carbocycles. The summed E-state index contributed by atoms with van der Waals surface area (Å²) in [5.74, 6) is -0.735. The van der Waals surface area contributed by atoms with Gasteiger partial charge in [-0.15, -0.1) is 0 Å². The fourth-order valence-corrected chi connectivity index (χ4v) is 2.80. The fraction of sp³-hybridized carbons (Fsp3) is 0.500. The van der Waals surface area contributed by atoms with E-state index >= 15 is 0 Å².